The number of nitrogens with zero attached hydrogens (tertiary/aromatic N) is 3. The largest absolute Gasteiger partial charge is 0.208 e. The Bertz CT molecular complexity index is 3430. The molecule has 62 heavy (non-hydrogen) atoms. The first-order chi connectivity index (χ1) is 30.7. The molecule has 9 aromatic carbocycles. The lowest BCUT2D eigenvalue weighted by molar-refractivity contribution is 0.768. The molecular weight excluding hydrogens is 771 g/mol. The lowest BCUT2D eigenvalue weighted by Gasteiger charge is -2.33. The van der Waals surface area contributed by atoms with Gasteiger partial charge in [0.25, 0.3) is 0 Å². The van der Waals surface area contributed by atoms with Crippen molar-refractivity contribution in [1.29, 1.82) is 0 Å². The van der Waals surface area contributed by atoms with Crippen LogP contribution in [0.4, 0.5) is 0 Å². The van der Waals surface area contributed by atoms with Gasteiger partial charge in [-0.25, -0.2) is 15.0 Å². The fourth-order valence-corrected chi connectivity index (χ4v) is 10.8. The zero-order chi connectivity index (χ0) is 41.0. The van der Waals surface area contributed by atoms with Crippen LogP contribution in [0.5, 0.6) is 0 Å². The van der Waals surface area contributed by atoms with Gasteiger partial charge in [0.1, 0.15) is 0 Å². The maximum absolute atomic E-state index is 5.42. The zero-order valence-electron chi connectivity index (χ0n) is 33.6. The first kappa shape index (κ1) is 36.1. The van der Waals surface area contributed by atoms with Gasteiger partial charge >= 0.3 is 0 Å². The lowest BCUT2D eigenvalue weighted by Crippen LogP contribution is -2.28. The maximum atomic E-state index is 5.42. The molecule has 0 radical (unpaired) electrons. The van der Waals surface area contributed by atoms with Crippen molar-refractivity contribution < 1.29 is 0 Å². The third kappa shape index (κ3) is 5.83. The Kier molecular flexibility index (Phi) is 8.58. The van der Waals surface area contributed by atoms with Gasteiger partial charge in [0.2, 0.25) is 0 Å². The van der Waals surface area contributed by atoms with Crippen LogP contribution in [0.25, 0.3) is 87.7 Å². The van der Waals surface area contributed by atoms with Gasteiger partial charge in [0.15, 0.2) is 17.5 Å². The molecule has 11 aromatic rings. The average molecular weight is 808 g/mol. The molecule has 0 unspecified atom stereocenters. The van der Waals surface area contributed by atoms with Crippen LogP contribution in [0.3, 0.4) is 0 Å². The summed E-state index contributed by atoms with van der Waals surface area (Å²) in [7, 11) is 0. The van der Waals surface area contributed by atoms with E-state index < -0.39 is 5.41 Å². The maximum Gasteiger partial charge on any atom is 0.164 e. The summed E-state index contributed by atoms with van der Waals surface area (Å²) in [5.41, 5.74) is 14.0. The summed E-state index contributed by atoms with van der Waals surface area (Å²) in [5.74, 6) is 1.89. The topological polar surface area (TPSA) is 38.7 Å². The number of aromatic nitrogens is 3. The summed E-state index contributed by atoms with van der Waals surface area (Å²) < 4.78 is 2.58. The summed E-state index contributed by atoms with van der Waals surface area (Å²) in [6.07, 6.45) is 0. The highest BCUT2D eigenvalue weighted by atomic mass is 32.1. The van der Waals surface area contributed by atoms with E-state index in [1.54, 1.807) is 0 Å². The van der Waals surface area contributed by atoms with Crippen LogP contribution in [-0.4, -0.2) is 15.0 Å². The highest BCUT2D eigenvalue weighted by molar-refractivity contribution is 7.25. The fraction of sp³-hybridized carbons (Fsp3) is 0.0172. The zero-order valence-corrected chi connectivity index (χ0v) is 34.4. The minimum absolute atomic E-state index is 0.545. The third-order valence-electron chi connectivity index (χ3n) is 12.4. The van der Waals surface area contributed by atoms with Crippen LogP contribution in [0.15, 0.2) is 224 Å². The van der Waals surface area contributed by atoms with Crippen LogP contribution in [-0.2, 0) is 5.41 Å². The van der Waals surface area contributed by atoms with Crippen LogP contribution >= 0.6 is 11.3 Å². The summed E-state index contributed by atoms with van der Waals surface area (Å²) in [5, 5.41) is 2.59. The van der Waals surface area contributed by atoms with Gasteiger partial charge in [-0.1, -0.05) is 200 Å². The van der Waals surface area contributed by atoms with E-state index in [1.165, 1.54) is 48.0 Å². The summed E-state index contributed by atoms with van der Waals surface area (Å²) in [6, 6.07) is 80.4. The van der Waals surface area contributed by atoms with Gasteiger partial charge in [-0.3, -0.25) is 0 Å². The van der Waals surface area contributed by atoms with Crippen molar-refractivity contribution in [3.05, 3.63) is 247 Å². The number of hydrogen-bond acceptors (Lipinski definition) is 4. The number of hydrogen-bond donors (Lipinski definition) is 0. The van der Waals surface area contributed by atoms with E-state index in [0.29, 0.717) is 17.5 Å². The SMILES string of the molecule is c1ccc(-c2cccc(-c3nc(-c4cccc(-c5ccc6c(c5)sc5ccccc56)c4)nc(-c4cccc5c4-c4ccccc4C5(c4ccccc4)c4ccccc4)n3)c2)cc1. The van der Waals surface area contributed by atoms with Crippen molar-refractivity contribution in [2.45, 2.75) is 5.41 Å². The van der Waals surface area contributed by atoms with Crippen LogP contribution in [0, 0.1) is 0 Å². The van der Waals surface area contributed by atoms with E-state index in [0.717, 1.165) is 44.5 Å². The molecule has 0 amide bonds. The van der Waals surface area contributed by atoms with Gasteiger partial charge in [0.05, 0.1) is 5.41 Å². The van der Waals surface area contributed by atoms with Gasteiger partial charge in [-0.2, -0.15) is 0 Å². The number of fused-ring (bicyclic) bond motifs is 6. The molecule has 290 valence electrons. The lowest BCUT2D eigenvalue weighted by atomic mass is 9.67. The van der Waals surface area contributed by atoms with Crippen LogP contribution in [0.1, 0.15) is 22.3 Å². The van der Waals surface area contributed by atoms with E-state index in [9.17, 15) is 0 Å². The molecule has 0 saturated heterocycles. The van der Waals surface area contributed by atoms with E-state index in [1.807, 2.05) is 17.4 Å². The molecule has 0 saturated carbocycles. The predicted octanol–water partition coefficient (Wildman–Crippen LogP) is 14.9. The molecule has 1 aliphatic rings. The van der Waals surface area contributed by atoms with Gasteiger partial charge < -0.3 is 0 Å². The Hall–Kier alpha value is -7.79. The molecular formula is C58H37N3S. The molecule has 0 bridgehead atoms. The molecule has 12 rings (SSSR count). The van der Waals surface area contributed by atoms with Gasteiger partial charge in [-0.05, 0) is 79.9 Å². The van der Waals surface area contributed by atoms with E-state index in [-0.39, 0.29) is 0 Å². The third-order valence-corrected chi connectivity index (χ3v) is 13.6. The number of rotatable bonds is 7. The van der Waals surface area contributed by atoms with Crippen molar-refractivity contribution in [3.63, 3.8) is 0 Å². The smallest absolute Gasteiger partial charge is 0.164 e. The minimum Gasteiger partial charge on any atom is -0.208 e. The molecule has 2 aromatic heterocycles. The summed E-state index contributed by atoms with van der Waals surface area (Å²) in [6.45, 7) is 0. The van der Waals surface area contributed by atoms with Crippen molar-refractivity contribution in [2.75, 3.05) is 0 Å². The normalized spacial score (nSPS) is 12.6. The Morgan fingerprint density at radius 3 is 1.50 bits per heavy atom. The van der Waals surface area contributed by atoms with E-state index >= 15 is 0 Å². The first-order valence-electron chi connectivity index (χ1n) is 21.0. The van der Waals surface area contributed by atoms with Crippen molar-refractivity contribution in [1.82, 2.24) is 15.0 Å². The van der Waals surface area contributed by atoms with Crippen molar-refractivity contribution in [3.8, 4) is 67.5 Å². The Morgan fingerprint density at radius 1 is 0.306 bits per heavy atom. The Balaban J connectivity index is 1.08. The van der Waals surface area contributed by atoms with Crippen LogP contribution < -0.4 is 0 Å². The summed E-state index contributed by atoms with van der Waals surface area (Å²) in [4.78, 5) is 16.1. The van der Waals surface area contributed by atoms with Crippen molar-refractivity contribution in [2.24, 2.45) is 0 Å². The molecule has 0 spiro atoms. The Morgan fingerprint density at radius 2 is 0.790 bits per heavy atom. The molecule has 0 atom stereocenters. The predicted molar refractivity (Wildman–Crippen MR) is 257 cm³/mol. The molecule has 3 nitrogen and oxygen atoms in total. The second-order valence-corrected chi connectivity index (χ2v) is 17.0. The first-order valence-corrected chi connectivity index (χ1v) is 21.8. The highest BCUT2D eigenvalue weighted by Gasteiger charge is 2.47. The number of thiophene rings is 1. The van der Waals surface area contributed by atoms with Gasteiger partial charge in [-0.15, -0.1) is 11.3 Å². The second-order valence-electron chi connectivity index (χ2n) is 15.9. The summed E-state index contributed by atoms with van der Waals surface area (Å²) >= 11 is 1.84. The second kappa shape index (κ2) is 14.7. The molecule has 2 heterocycles. The van der Waals surface area contributed by atoms with Crippen molar-refractivity contribution >= 4 is 31.5 Å². The average Bonchev–Trinajstić information content (AvgIpc) is 3.88. The number of benzene rings is 9. The molecule has 0 fully saturated rings. The van der Waals surface area contributed by atoms with Gasteiger partial charge in [0, 0.05) is 36.9 Å². The fourth-order valence-electron chi connectivity index (χ4n) is 9.65. The monoisotopic (exact) mass is 807 g/mol. The minimum atomic E-state index is -0.545. The molecule has 4 heteroatoms. The quantitative estimate of drug-likeness (QED) is 0.161. The molecule has 1 aliphatic carbocycles. The van der Waals surface area contributed by atoms with E-state index in [4.69, 9.17) is 15.0 Å². The Labute approximate surface area is 364 Å². The standard InChI is InChI=1S/C58H37N3S/c1-4-17-38(18-5-1)39-19-14-21-42(35-39)55-59-56(43-22-15-20-40(36-43)41-33-34-47-46-27-11-13-32-52(46)62-53(47)37-41)61-57(60-55)49-29-16-31-51-54(49)48-28-10-12-30-50(48)58(51,44-23-6-2-7-24-44)45-25-8-3-9-26-45/h1-37H. The molecule has 0 N–H and O–H groups in total. The molecule has 0 aliphatic heterocycles. The highest BCUT2D eigenvalue weighted by Crippen LogP contribution is 2.58. The van der Waals surface area contributed by atoms with Crippen LogP contribution in [0.2, 0.25) is 0 Å². The van der Waals surface area contributed by atoms with E-state index in [2.05, 4.69) is 218 Å².